The second-order valence-corrected chi connectivity index (χ2v) is 7.29. The largest absolute Gasteiger partial charge is 0.481 e. The van der Waals surface area contributed by atoms with Gasteiger partial charge in [-0.05, 0) is 39.8 Å². The Bertz CT molecular complexity index is 466. The van der Waals surface area contributed by atoms with E-state index >= 15 is 0 Å². The number of aliphatic carboxylic acids is 1. The number of carboxylic acid groups (broad SMARTS) is 1. The summed E-state index contributed by atoms with van der Waals surface area (Å²) in [5, 5.41) is 13.4. The first kappa shape index (κ1) is 15.9. The van der Waals surface area contributed by atoms with Gasteiger partial charge in [0, 0.05) is 22.6 Å². The molecular formula is C13H19FN2O2S. The Labute approximate surface area is 117 Å². The lowest BCUT2D eigenvalue weighted by Gasteiger charge is -2.32. The normalized spacial score (nSPS) is 28.2. The van der Waals surface area contributed by atoms with Gasteiger partial charge in [-0.1, -0.05) is 6.92 Å². The molecule has 1 aliphatic carbocycles. The van der Waals surface area contributed by atoms with E-state index in [1.54, 1.807) is 6.92 Å². The van der Waals surface area contributed by atoms with Gasteiger partial charge in [-0.25, -0.2) is 4.39 Å². The lowest BCUT2D eigenvalue weighted by atomic mass is 9.72. The molecule has 1 rings (SSSR count). The highest BCUT2D eigenvalue weighted by Crippen LogP contribution is 2.44. The Morgan fingerprint density at radius 2 is 2.05 bits per heavy atom. The summed E-state index contributed by atoms with van der Waals surface area (Å²) in [7, 11) is 0. The standard InChI is InChI=1S/C13H19FN2O2S/c1-8-9(14)6-7-10(13(8,5)11(17)18)15-16-19-12(2,3)4/h6-8H,1-5H3,(H,17,18). The average molecular weight is 286 g/mol. The number of carboxylic acids is 1. The van der Waals surface area contributed by atoms with E-state index in [1.165, 1.54) is 31.0 Å². The van der Waals surface area contributed by atoms with Crippen molar-refractivity contribution in [2.24, 2.45) is 21.0 Å². The lowest BCUT2D eigenvalue weighted by Crippen LogP contribution is -2.37. The summed E-state index contributed by atoms with van der Waals surface area (Å²) in [6.45, 7) is 8.94. The maximum atomic E-state index is 13.6. The first-order valence-corrected chi connectivity index (χ1v) is 6.77. The summed E-state index contributed by atoms with van der Waals surface area (Å²) >= 11 is 1.25. The molecule has 106 valence electrons. The molecule has 0 spiro atoms. The number of halogens is 1. The third-order valence-electron chi connectivity index (χ3n) is 3.12. The van der Waals surface area contributed by atoms with Gasteiger partial charge in [0.15, 0.2) is 0 Å². The fraction of sp³-hybridized carbons (Fsp3) is 0.615. The van der Waals surface area contributed by atoms with Crippen molar-refractivity contribution in [3.8, 4) is 0 Å². The number of nitrogens with zero attached hydrogens (tertiary/aromatic N) is 2. The summed E-state index contributed by atoms with van der Waals surface area (Å²) in [6.07, 6.45) is 2.64. The van der Waals surface area contributed by atoms with Crippen molar-refractivity contribution in [3.05, 3.63) is 23.7 Å². The Hall–Kier alpha value is -1.17. The maximum Gasteiger partial charge on any atom is 0.316 e. The zero-order valence-corrected chi connectivity index (χ0v) is 12.6. The first-order chi connectivity index (χ1) is 8.59. The van der Waals surface area contributed by atoms with E-state index in [0.717, 1.165) is 0 Å². The minimum Gasteiger partial charge on any atom is -0.481 e. The summed E-state index contributed by atoms with van der Waals surface area (Å²) in [6, 6.07) is 0. The molecule has 6 heteroatoms. The molecule has 0 fully saturated rings. The molecule has 0 radical (unpaired) electrons. The highest BCUT2D eigenvalue weighted by molar-refractivity contribution is 7.99. The number of hydrogen-bond acceptors (Lipinski definition) is 4. The van der Waals surface area contributed by atoms with Crippen LogP contribution >= 0.6 is 11.9 Å². The van der Waals surface area contributed by atoms with Crippen LogP contribution in [-0.2, 0) is 4.79 Å². The van der Waals surface area contributed by atoms with Crippen LogP contribution in [0.1, 0.15) is 34.6 Å². The second kappa shape index (κ2) is 5.45. The van der Waals surface area contributed by atoms with E-state index in [1.807, 2.05) is 20.8 Å². The van der Waals surface area contributed by atoms with Crippen molar-refractivity contribution in [2.45, 2.75) is 39.4 Å². The second-order valence-electron chi connectivity index (χ2n) is 5.72. The van der Waals surface area contributed by atoms with E-state index in [2.05, 4.69) is 9.63 Å². The van der Waals surface area contributed by atoms with Gasteiger partial charge in [0.25, 0.3) is 0 Å². The van der Waals surface area contributed by atoms with Crippen LogP contribution in [0.3, 0.4) is 0 Å². The van der Waals surface area contributed by atoms with Crippen molar-refractivity contribution in [1.82, 2.24) is 0 Å². The Morgan fingerprint density at radius 3 is 2.53 bits per heavy atom. The van der Waals surface area contributed by atoms with Crippen molar-refractivity contribution >= 4 is 17.9 Å². The number of hydrogen-bond donors (Lipinski definition) is 1. The Balaban J connectivity index is 3.06. The molecule has 1 N–H and O–H groups in total. The van der Waals surface area contributed by atoms with Crippen LogP contribution in [0.25, 0.3) is 0 Å². The monoisotopic (exact) mass is 286 g/mol. The highest BCUT2D eigenvalue weighted by Gasteiger charge is 2.46. The van der Waals surface area contributed by atoms with E-state index in [-0.39, 0.29) is 10.4 Å². The molecular weight excluding hydrogens is 267 g/mol. The quantitative estimate of drug-likeness (QED) is 0.619. The van der Waals surface area contributed by atoms with Crippen LogP contribution in [-0.4, -0.2) is 15.8 Å². The van der Waals surface area contributed by atoms with Crippen LogP contribution in [0.2, 0.25) is 0 Å². The van der Waals surface area contributed by atoms with Gasteiger partial charge in [-0.15, -0.1) is 9.63 Å². The average Bonchev–Trinajstić information content (AvgIpc) is 2.27. The molecule has 0 aliphatic heterocycles. The van der Waals surface area contributed by atoms with Gasteiger partial charge < -0.3 is 5.11 Å². The molecule has 1 aliphatic rings. The van der Waals surface area contributed by atoms with E-state index in [9.17, 15) is 14.3 Å². The smallest absolute Gasteiger partial charge is 0.316 e. The molecule has 0 saturated heterocycles. The van der Waals surface area contributed by atoms with Gasteiger partial charge in [-0.3, -0.25) is 4.79 Å². The predicted octanol–water partition coefficient (Wildman–Crippen LogP) is 4.36. The van der Waals surface area contributed by atoms with E-state index in [0.29, 0.717) is 0 Å². The third kappa shape index (κ3) is 3.43. The summed E-state index contributed by atoms with van der Waals surface area (Å²) in [5.74, 6) is -2.31. The summed E-state index contributed by atoms with van der Waals surface area (Å²) in [5.41, 5.74) is -1.12. The van der Waals surface area contributed by atoms with Gasteiger partial charge in [0.2, 0.25) is 0 Å². The van der Waals surface area contributed by atoms with E-state index in [4.69, 9.17) is 0 Å². The molecule has 2 unspecified atom stereocenters. The topological polar surface area (TPSA) is 62.0 Å². The molecule has 0 aromatic rings. The minimum absolute atomic E-state index is 0.106. The Kier molecular flexibility index (Phi) is 4.55. The van der Waals surface area contributed by atoms with Gasteiger partial charge in [-0.2, -0.15) is 0 Å². The molecule has 19 heavy (non-hydrogen) atoms. The molecule has 0 amide bonds. The van der Waals surface area contributed by atoms with Crippen molar-refractivity contribution in [1.29, 1.82) is 0 Å². The Morgan fingerprint density at radius 1 is 1.47 bits per heavy atom. The van der Waals surface area contributed by atoms with Crippen LogP contribution in [0.15, 0.2) is 33.3 Å². The molecule has 0 heterocycles. The molecule has 0 aromatic heterocycles. The van der Waals surface area contributed by atoms with Gasteiger partial charge in [0.05, 0.1) is 5.70 Å². The lowest BCUT2D eigenvalue weighted by molar-refractivity contribution is -0.148. The summed E-state index contributed by atoms with van der Waals surface area (Å²) < 4.78 is 17.4. The minimum atomic E-state index is -1.39. The zero-order chi connectivity index (χ0) is 14.8. The molecule has 0 aromatic carbocycles. The van der Waals surface area contributed by atoms with Crippen LogP contribution < -0.4 is 0 Å². The number of allylic oxidation sites excluding steroid dienone is 3. The molecule has 0 bridgehead atoms. The van der Waals surface area contributed by atoms with Crippen molar-refractivity contribution in [3.63, 3.8) is 0 Å². The van der Waals surface area contributed by atoms with E-state index < -0.39 is 23.1 Å². The zero-order valence-electron chi connectivity index (χ0n) is 11.8. The maximum absolute atomic E-state index is 13.6. The van der Waals surface area contributed by atoms with Gasteiger partial charge in [0.1, 0.15) is 11.2 Å². The van der Waals surface area contributed by atoms with Crippen LogP contribution in [0.5, 0.6) is 0 Å². The first-order valence-electron chi connectivity index (χ1n) is 5.99. The van der Waals surface area contributed by atoms with Gasteiger partial charge >= 0.3 is 5.97 Å². The van der Waals surface area contributed by atoms with Crippen molar-refractivity contribution in [2.75, 3.05) is 0 Å². The molecule has 0 saturated carbocycles. The fourth-order valence-electron chi connectivity index (χ4n) is 1.59. The van der Waals surface area contributed by atoms with Crippen LogP contribution in [0.4, 0.5) is 4.39 Å². The van der Waals surface area contributed by atoms with Crippen LogP contribution in [0, 0.1) is 11.3 Å². The predicted molar refractivity (Wildman–Crippen MR) is 74.4 cm³/mol. The van der Waals surface area contributed by atoms with Crippen molar-refractivity contribution < 1.29 is 14.3 Å². The number of carbonyl (C=O) groups is 1. The highest BCUT2D eigenvalue weighted by atomic mass is 32.2. The molecule has 4 nitrogen and oxygen atoms in total. The fourth-order valence-corrected chi connectivity index (χ4v) is 1.97. The summed E-state index contributed by atoms with van der Waals surface area (Å²) in [4.78, 5) is 11.5. The molecule has 2 atom stereocenters. The number of rotatable bonds is 3. The third-order valence-corrected chi connectivity index (χ3v) is 3.83. The SMILES string of the molecule is CC1C(F)=CC=C(N=NSC(C)(C)C)C1(C)C(=O)O.